The van der Waals surface area contributed by atoms with Crippen LogP contribution in [0.1, 0.15) is 11.1 Å². The van der Waals surface area contributed by atoms with E-state index < -0.39 is 33.3 Å². The Labute approximate surface area is 184 Å². The third kappa shape index (κ3) is 5.05. The summed E-state index contributed by atoms with van der Waals surface area (Å²) in [6.07, 6.45) is -5.04. The predicted molar refractivity (Wildman–Crippen MR) is 114 cm³/mol. The molecule has 0 bridgehead atoms. The Hall–Kier alpha value is -3.04. The number of rotatable bonds is 8. The summed E-state index contributed by atoms with van der Waals surface area (Å²) in [6.45, 7) is 0.401. The molecule has 9 heteroatoms. The molecule has 1 aliphatic rings. The molecule has 168 valence electrons. The van der Waals surface area contributed by atoms with Crippen molar-refractivity contribution < 1.29 is 31.1 Å². The number of alkyl halides is 3. The van der Waals surface area contributed by atoms with Crippen molar-refractivity contribution in [2.75, 3.05) is 17.5 Å². The number of epoxide rings is 1. The van der Waals surface area contributed by atoms with Crippen molar-refractivity contribution in [2.24, 2.45) is 0 Å². The number of para-hydroxylation sites is 2. The number of benzene rings is 3. The van der Waals surface area contributed by atoms with E-state index in [0.29, 0.717) is 18.0 Å². The quantitative estimate of drug-likeness (QED) is 0.434. The van der Waals surface area contributed by atoms with Gasteiger partial charge in [0.15, 0.2) is 0 Å². The van der Waals surface area contributed by atoms with Crippen LogP contribution in [0, 0.1) is 0 Å². The SMILES string of the molecule is O=S(=O)(Cc1cccc(OCC2CO2)c1C(F)(F)F)N(c1ccccc1)c1ccccc1. The van der Waals surface area contributed by atoms with Crippen LogP contribution < -0.4 is 9.04 Å². The van der Waals surface area contributed by atoms with E-state index in [1.807, 2.05) is 0 Å². The first kappa shape index (κ1) is 22.2. The molecule has 1 unspecified atom stereocenters. The lowest BCUT2D eigenvalue weighted by atomic mass is 10.1. The second kappa shape index (κ2) is 8.84. The van der Waals surface area contributed by atoms with Gasteiger partial charge in [0.2, 0.25) is 10.0 Å². The maximum absolute atomic E-state index is 14.0. The topological polar surface area (TPSA) is 59.1 Å². The zero-order valence-corrected chi connectivity index (χ0v) is 17.6. The van der Waals surface area contributed by atoms with Crippen LogP contribution in [-0.4, -0.2) is 27.7 Å². The van der Waals surface area contributed by atoms with Crippen molar-refractivity contribution in [3.05, 3.63) is 90.0 Å². The summed E-state index contributed by atoms with van der Waals surface area (Å²) >= 11 is 0. The predicted octanol–water partition coefficient (Wildman–Crippen LogP) is 5.15. The van der Waals surface area contributed by atoms with Gasteiger partial charge >= 0.3 is 6.18 Å². The van der Waals surface area contributed by atoms with Gasteiger partial charge in [-0.1, -0.05) is 48.5 Å². The summed E-state index contributed by atoms with van der Waals surface area (Å²) in [5, 5.41) is 0. The summed E-state index contributed by atoms with van der Waals surface area (Å²) < 4.78 is 80.1. The van der Waals surface area contributed by atoms with Crippen LogP contribution in [0.5, 0.6) is 5.75 Å². The molecule has 1 heterocycles. The maximum atomic E-state index is 14.0. The van der Waals surface area contributed by atoms with Gasteiger partial charge in [0, 0.05) is 0 Å². The molecule has 1 atom stereocenters. The summed E-state index contributed by atoms with van der Waals surface area (Å²) in [5.41, 5.74) is -0.829. The molecule has 1 aliphatic heterocycles. The number of ether oxygens (including phenoxy) is 2. The van der Waals surface area contributed by atoms with Crippen molar-refractivity contribution in [3.63, 3.8) is 0 Å². The molecule has 3 aromatic rings. The first-order chi connectivity index (χ1) is 15.3. The van der Waals surface area contributed by atoms with E-state index in [1.54, 1.807) is 60.7 Å². The molecule has 3 aromatic carbocycles. The Bertz CT molecular complexity index is 1130. The fourth-order valence-electron chi connectivity index (χ4n) is 3.34. The van der Waals surface area contributed by atoms with Crippen LogP contribution in [0.4, 0.5) is 24.5 Å². The van der Waals surface area contributed by atoms with Gasteiger partial charge in [-0.05, 0) is 35.9 Å². The van der Waals surface area contributed by atoms with E-state index in [0.717, 1.165) is 10.4 Å². The second-order valence-electron chi connectivity index (χ2n) is 7.25. The Morgan fingerprint density at radius 3 is 1.97 bits per heavy atom. The molecule has 0 amide bonds. The van der Waals surface area contributed by atoms with Gasteiger partial charge in [0.25, 0.3) is 0 Å². The average molecular weight is 463 g/mol. The molecule has 4 rings (SSSR count). The number of hydrogen-bond donors (Lipinski definition) is 0. The highest BCUT2D eigenvalue weighted by molar-refractivity contribution is 7.92. The molecule has 0 saturated carbocycles. The van der Waals surface area contributed by atoms with Crippen LogP contribution in [0.2, 0.25) is 0 Å². The zero-order valence-electron chi connectivity index (χ0n) is 16.8. The van der Waals surface area contributed by atoms with E-state index in [4.69, 9.17) is 9.47 Å². The monoisotopic (exact) mass is 463 g/mol. The fourth-order valence-corrected chi connectivity index (χ4v) is 4.99. The summed E-state index contributed by atoms with van der Waals surface area (Å²) in [7, 11) is -4.25. The Balaban J connectivity index is 1.75. The minimum Gasteiger partial charge on any atom is -0.490 e. The second-order valence-corrected chi connectivity index (χ2v) is 9.06. The first-order valence-corrected chi connectivity index (χ1v) is 11.4. The molecular formula is C23H20F3NO4S. The van der Waals surface area contributed by atoms with Crippen LogP contribution in [0.15, 0.2) is 78.9 Å². The van der Waals surface area contributed by atoms with E-state index in [1.165, 1.54) is 12.1 Å². The van der Waals surface area contributed by atoms with Gasteiger partial charge in [-0.25, -0.2) is 12.7 Å². The first-order valence-electron chi connectivity index (χ1n) is 9.82. The van der Waals surface area contributed by atoms with Gasteiger partial charge in [-0.2, -0.15) is 13.2 Å². The lowest BCUT2D eigenvalue weighted by molar-refractivity contribution is -0.139. The van der Waals surface area contributed by atoms with Gasteiger partial charge < -0.3 is 9.47 Å². The van der Waals surface area contributed by atoms with Crippen LogP contribution >= 0.6 is 0 Å². The van der Waals surface area contributed by atoms with E-state index in [-0.39, 0.29) is 18.3 Å². The van der Waals surface area contributed by atoms with E-state index in [9.17, 15) is 21.6 Å². The molecule has 0 N–H and O–H groups in total. The van der Waals surface area contributed by atoms with Gasteiger partial charge in [-0.15, -0.1) is 0 Å². The standard InChI is InChI=1S/C23H20F3NO4S/c24-23(25,26)22-17(8-7-13-21(22)31-15-20-14-30-20)16-32(28,29)27(18-9-3-1-4-10-18)19-11-5-2-6-12-19/h1-13,20H,14-16H2. The van der Waals surface area contributed by atoms with Crippen molar-refractivity contribution in [1.29, 1.82) is 0 Å². The van der Waals surface area contributed by atoms with E-state index in [2.05, 4.69) is 0 Å². The summed E-state index contributed by atoms with van der Waals surface area (Å²) in [4.78, 5) is 0. The van der Waals surface area contributed by atoms with Crippen LogP contribution in [-0.2, 0) is 26.7 Å². The van der Waals surface area contributed by atoms with Crippen LogP contribution in [0.25, 0.3) is 0 Å². The highest BCUT2D eigenvalue weighted by Gasteiger charge is 2.39. The number of hydrogen-bond acceptors (Lipinski definition) is 4. The zero-order chi connectivity index (χ0) is 22.8. The summed E-state index contributed by atoms with van der Waals surface area (Å²) in [6, 6.07) is 20.2. The third-order valence-electron chi connectivity index (χ3n) is 4.82. The molecule has 0 aliphatic carbocycles. The lowest BCUT2D eigenvalue weighted by Crippen LogP contribution is -2.28. The summed E-state index contributed by atoms with van der Waals surface area (Å²) in [5.74, 6) is -1.27. The van der Waals surface area contributed by atoms with Gasteiger partial charge in [-0.3, -0.25) is 0 Å². The minimum absolute atomic E-state index is 0.0283. The minimum atomic E-state index is -4.80. The normalized spacial score (nSPS) is 15.9. The highest BCUT2D eigenvalue weighted by atomic mass is 32.2. The number of nitrogens with zero attached hydrogens (tertiary/aromatic N) is 1. The lowest BCUT2D eigenvalue weighted by Gasteiger charge is -2.26. The Morgan fingerprint density at radius 1 is 0.906 bits per heavy atom. The number of sulfonamides is 1. The molecule has 0 spiro atoms. The molecule has 0 aromatic heterocycles. The number of halogens is 3. The van der Waals surface area contributed by atoms with E-state index >= 15 is 0 Å². The fraction of sp³-hybridized carbons (Fsp3) is 0.217. The van der Waals surface area contributed by atoms with Crippen LogP contribution in [0.3, 0.4) is 0 Å². The third-order valence-corrected chi connectivity index (χ3v) is 6.47. The van der Waals surface area contributed by atoms with Crippen molar-refractivity contribution in [1.82, 2.24) is 0 Å². The van der Waals surface area contributed by atoms with Gasteiger partial charge in [0.1, 0.15) is 24.0 Å². The molecule has 1 saturated heterocycles. The maximum Gasteiger partial charge on any atom is 0.420 e. The number of anilines is 2. The molecule has 32 heavy (non-hydrogen) atoms. The highest BCUT2D eigenvalue weighted by Crippen LogP contribution is 2.41. The molecular weight excluding hydrogens is 443 g/mol. The Kier molecular flexibility index (Phi) is 6.12. The smallest absolute Gasteiger partial charge is 0.420 e. The van der Waals surface area contributed by atoms with Crippen molar-refractivity contribution >= 4 is 21.4 Å². The van der Waals surface area contributed by atoms with Gasteiger partial charge in [0.05, 0.1) is 23.7 Å². The largest absolute Gasteiger partial charge is 0.490 e. The molecule has 5 nitrogen and oxygen atoms in total. The average Bonchev–Trinajstić information content (AvgIpc) is 3.57. The molecule has 0 radical (unpaired) electrons. The van der Waals surface area contributed by atoms with Crippen molar-refractivity contribution in [2.45, 2.75) is 18.0 Å². The molecule has 1 fully saturated rings. The Morgan fingerprint density at radius 2 is 1.47 bits per heavy atom. The van der Waals surface area contributed by atoms with Crippen molar-refractivity contribution in [3.8, 4) is 5.75 Å².